The average Bonchev–Trinajstić information content (AvgIpc) is 2.68. The molecular weight excluding hydrogens is 334 g/mol. The molecule has 26 heavy (non-hydrogen) atoms. The van der Waals surface area contributed by atoms with Crippen LogP contribution in [0.5, 0.6) is 11.5 Å². The molecule has 0 radical (unpaired) electrons. The largest absolute Gasteiger partial charge is 0.497 e. The van der Waals surface area contributed by atoms with Gasteiger partial charge >= 0.3 is 5.69 Å². The van der Waals surface area contributed by atoms with E-state index in [1.165, 1.54) is 7.11 Å². The molecule has 1 aliphatic heterocycles. The number of nitro benzene ring substituents is 1. The topological polar surface area (TPSA) is 68.1 Å². The van der Waals surface area contributed by atoms with Crippen LogP contribution in [0.3, 0.4) is 0 Å². The summed E-state index contributed by atoms with van der Waals surface area (Å²) in [7, 11) is 3.12. The van der Waals surface area contributed by atoms with Gasteiger partial charge in [-0.1, -0.05) is 12.1 Å². The Morgan fingerprint density at radius 1 is 1.04 bits per heavy atom. The van der Waals surface area contributed by atoms with Crippen LogP contribution in [0.25, 0.3) is 0 Å². The molecule has 2 aromatic rings. The Hall–Kier alpha value is -2.80. The van der Waals surface area contributed by atoms with Gasteiger partial charge in [-0.25, -0.2) is 0 Å². The minimum absolute atomic E-state index is 0.0139. The van der Waals surface area contributed by atoms with Gasteiger partial charge in [0.25, 0.3) is 0 Å². The molecule has 0 aromatic heterocycles. The van der Waals surface area contributed by atoms with Crippen molar-refractivity contribution in [3.63, 3.8) is 0 Å². The van der Waals surface area contributed by atoms with Crippen LogP contribution in [0.1, 0.15) is 5.56 Å². The first-order valence-corrected chi connectivity index (χ1v) is 8.53. The smallest absolute Gasteiger partial charge is 0.311 e. The van der Waals surface area contributed by atoms with Crippen molar-refractivity contribution >= 4 is 11.4 Å². The molecule has 0 N–H and O–H groups in total. The fraction of sp³-hybridized carbons (Fsp3) is 0.368. The summed E-state index contributed by atoms with van der Waals surface area (Å²) in [6.45, 7) is 4.31. The highest BCUT2D eigenvalue weighted by Gasteiger charge is 2.20. The highest BCUT2D eigenvalue weighted by molar-refractivity contribution is 5.51. The van der Waals surface area contributed by atoms with Crippen LogP contribution < -0.4 is 14.4 Å². The number of ether oxygens (including phenoxy) is 2. The summed E-state index contributed by atoms with van der Waals surface area (Å²) in [4.78, 5) is 15.4. The molecule has 1 aliphatic rings. The SMILES string of the molecule is COc1cccc(N2CCN(Cc3ccc(OC)c([N+](=O)[O-])c3)CC2)c1. The maximum atomic E-state index is 11.2. The van der Waals surface area contributed by atoms with Gasteiger partial charge < -0.3 is 14.4 Å². The van der Waals surface area contributed by atoms with Gasteiger partial charge in [0.1, 0.15) is 5.75 Å². The third kappa shape index (κ3) is 4.05. The van der Waals surface area contributed by atoms with Gasteiger partial charge in [-0.3, -0.25) is 15.0 Å². The minimum atomic E-state index is -0.400. The number of anilines is 1. The number of rotatable bonds is 6. The summed E-state index contributed by atoms with van der Waals surface area (Å²) in [5.41, 5.74) is 2.09. The Kier molecular flexibility index (Phi) is 5.58. The van der Waals surface area contributed by atoms with Crippen LogP contribution in [0.15, 0.2) is 42.5 Å². The first-order chi connectivity index (χ1) is 12.6. The second-order valence-corrected chi connectivity index (χ2v) is 6.23. The molecule has 7 heteroatoms. The fourth-order valence-corrected chi connectivity index (χ4v) is 3.21. The Morgan fingerprint density at radius 3 is 2.46 bits per heavy atom. The maximum Gasteiger partial charge on any atom is 0.311 e. The quantitative estimate of drug-likeness (QED) is 0.585. The highest BCUT2D eigenvalue weighted by Crippen LogP contribution is 2.28. The average molecular weight is 357 g/mol. The number of hydrogen-bond donors (Lipinski definition) is 0. The van der Waals surface area contributed by atoms with Crippen molar-refractivity contribution in [1.29, 1.82) is 0 Å². The molecular formula is C19H23N3O4. The van der Waals surface area contributed by atoms with E-state index in [9.17, 15) is 10.1 Å². The molecule has 138 valence electrons. The fourth-order valence-electron chi connectivity index (χ4n) is 3.21. The molecule has 1 saturated heterocycles. The number of hydrogen-bond acceptors (Lipinski definition) is 6. The molecule has 0 spiro atoms. The van der Waals surface area contributed by atoms with E-state index in [1.54, 1.807) is 19.2 Å². The predicted molar refractivity (Wildman–Crippen MR) is 100 cm³/mol. The van der Waals surface area contributed by atoms with E-state index in [0.717, 1.165) is 43.2 Å². The zero-order valence-corrected chi connectivity index (χ0v) is 15.1. The number of nitro groups is 1. The van der Waals surface area contributed by atoms with Gasteiger partial charge in [-0.15, -0.1) is 0 Å². The minimum Gasteiger partial charge on any atom is -0.497 e. The lowest BCUT2D eigenvalue weighted by Gasteiger charge is -2.36. The van der Waals surface area contributed by atoms with Crippen LogP contribution in [0, 0.1) is 10.1 Å². The van der Waals surface area contributed by atoms with Crippen molar-refractivity contribution in [2.24, 2.45) is 0 Å². The molecule has 1 fully saturated rings. The Labute approximate surface area is 152 Å². The Balaban J connectivity index is 1.62. The van der Waals surface area contributed by atoms with Crippen molar-refractivity contribution < 1.29 is 14.4 Å². The molecule has 0 aliphatic carbocycles. The van der Waals surface area contributed by atoms with E-state index < -0.39 is 4.92 Å². The van der Waals surface area contributed by atoms with Crippen molar-refractivity contribution in [3.8, 4) is 11.5 Å². The summed E-state index contributed by atoms with van der Waals surface area (Å²) < 4.78 is 10.4. The summed E-state index contributed by atoms with van der Waals surface area (Å²) in [6, 6.07) is 13.2. The van der Waals surface area contributed by atoms with Gasteiger partial charge in [0, 0.05) is 50.5 Å². The number of methoxy groups -OCH3 is 2. The molecule has 0 amide bonds. The lowest BCUT2D eigenvalue weighted by atomic mass is 10.1. The van der Waals surface area contributed by atoms with Crippen molar-refractivity contribution in [2.75, 3.05) is 45.3 Å². The molecule has 2 aromatic carbocycles. The second-order valence-electron chi connectivity index (χ2n) is 6.23. The van der Waals surface area contributed by atoms with Crippen LogP contribution in [-0.4, -0.2) is 50.2 Å². The molecule has 0 unspecified atom stereocenters. The standard InChI is InChI=1S/C19H23N3O4/c1-25-17-5-3-4-16(13-17)21-10-8-20(9-11-21)14-15-6-7-19(26-2)18(12-15)22(23)24/h3-7,12-13H,8-11,14H2,1-2H3. The van der Waals surface area contributed by atoms with Crippen LogP contribution in [-0.2, 0) is 6.54 Å². The third-order valence-electron chi connectivity index (χ3n) is 4.64. The molecule has 0 saturated carbocycles. The summed E-state index contributed by atoms with van der Waals surface area (Å²) in [6.07, 6.45) is 0. The van der Waals surface area contributed by atoms with E-state index in [1.807, 2.05) is 24.3 Å². The highest BCUT2D eigenvalue weighted by atomic mass is 16.6. The molecule has 3 rings (SSSR count). The lowest BCUT2D eigenvalue weighted by Crippen LogP contribution is -2.45. The third-order valence-corrected chi connectivity index (χ3v) is 4.64. The van der Waals surface area contributed by atoms with E-state index in [-0.39, 0.29) is 5.69 Å². The lowest BCUT2D eigenvalue weighted by molar-refractivity contribution is -0.385. The van der Waals surface area contributed by atoms with E-state index in [0.29, 0.717) is 12.3 Å². The first-order valence-electron chi connectivity index (χ1n) is 8.53. The van der Waals surface area contributed by atoms with Gasteiger partial charge in [-0.2, -0.15) is 0 Å². The van der Waals surface area contributed by atoms with Gasteiger partial charge in [0.2, 0.25) is 0 Å². The van der Waals surface area contributed by atoms with Gasteiger partial charge in [-0.05, 0) is 23.8 Å². The van der Waals surface area contributed by atoms with Crippen molar-refractivity contribution in [2.45, 2.75) is 6.54 Å². The van der Waals surface area contributed by atoms with Gasteiger partial charge in [0.05, 0.1) is 19.1 Å². The Bertz CT molecular complexity index is 773. The van der Waals surface area contributed by atoms with Gasteiger partial charge in [0.15, 0.2) is 5.75 Å². The summed E-state index contributed by atoms with van der Waals surface area (Å²) in [5.74, 6) is 1.15. The predicted octanol–water partition coefficient (Wildman–Crippen LogP) is 2.93. The number of piperazine rings is 1. The van der Waals surface area contributed by atoms with Crippen LogP contribution in [0.4, 0.5) is 11.4 Å². The summed E-state index contributed by atoms with van der Waals surface area (Å²) >= 11 is 0. The van der Waals surface area contributed by atoms with E-state index >= 15 is 0 Å². The number of nitrogens with zero attached hydrogens (tertiary/aromatic N) is 3. The van der Waals surface area contributed by atoms with Crippen molar-refractivity contribution in [3.05, 3.63) is 58.1 Å². The van der Waals surface area contributed by atoms with Crippen molar-refractivity contribution in [1.82, 2.24) is 4.90 Å². The molecule has 0 bridgehead atoms. The zero-order chi connectivity index (χ0) is 18.5. The monoisotopic (exact) mass is 357 g/mol. The van der Waals surface area contributed by atoms with E-state index in [4.69, 9.17) is 9.47 Å². The Morgan fingerprint density at radius 2 is 1.81 bits per heavy atom. The van der Waals surface area contributed by atoms with E-state index in [2.05, 4.69) is 15.9 Å². The molecule has 1 heterocycles. The van der Waals surface area contributed by atoms with Crippen LogP contribution >= 0.6 is 0 Å². The zero-order valence-electron chi connectivity index (χ0n) is 15.1. The maximum absolute atomic E-state index is 11.2. The number of benzene rings is 2. The normalized spacial score (nSPS) is 14.9. The first kappa shape index (κ1) is 18.0. The molecule has 0 atom stereocenters. The molecule has 7 nitrogen and oxygen atoms in total. The summed E-state index contributed by atoms with van der Waals surface area (Å²) in [5, 5.41) is 11.2. The van der Waals surface area contributed by atoms with Crippen LogP contribution in [0.2, 0.25) is 0 Å². The second kappa shape index (κ2) is 8.05.